The third-order valence-electron chi connectivity index (χ3n) is 6.92. The number of piperidine rings is 1. The number of carboxylic acids is 1. The number of hydrogen-bond acceptors (Lipinski definition) is 4. The number of benzene rings is 2. The number of ketones is 1. The van der Waals surface area contributed by atoms with Gasteiger partial charge in [-0.1, -0.05) is 56.3 Å². The van der Waals surface area contributed by atoms with Gasteiger partial charge in [-0.05, 0) is 54.0 Å². The highest BCUT2D eigenvalue weighted by Gasteiger charge is 2.39. The molecule has 0 aromatic heterocycles. The van der Waals surface area contributed by atoms with Crippen LogP contribution in [0.1, 0.15) is 44.2 Å². The second-order valence-electron chi connectivity index (χ2n) is 9.13. The summed E-state index contributed by atoms with van der Waals surface area (Å²) in [6, 6.07) is 17.5. The predicted molar refractivity (Wildman–Crippen MR) is 121 cm³/mol. The average molecular weight is 424 g/mol. The number of phenols is 1. The number of phenolic OH excluding ortho intramolecular Hbond substituents is 1. The molecule has 1 fully saturated rings. The summed E-state index contributed by atoms with van der Waals surface area (Å²) >= 11 is 0. The van der Waals surface area contributed by atoms with Gasteiger partial charge in [0.1, 0.15) is 11.5 Å². The molecule has 1 saturated heterocycles. The Morgan fingerprint density at radius 1 is 1.13 bits per heavy atom. The number of likely N-dealkylation sites (tertiary alicyclic amines) is 1. The van der Waals surface area contributed by atoms with Gasteiger partial charge in [-0.2, -0.15) is 0 Å². The molecule has 2 aromatic rings. The summed E-state index contributed by atoms with van der Waals surface area (Å²) in [5, 5.41) is 18.9. The fraction of sp³-hybridized carbons (Fsp3) is 0.462. The van der Waals surface area contributed by atoms with Gasteiger partial charge in [-0.25, -0.2) is 0 Å². The lowest BCUT2D eigenvalue weighted by atomic mass is 9.68. The normalized spacial score (nSPS) is 22.7. The molecule has 5 heteroatoms. The number of carboxylic acid groups (broad SMARTS) is 1. The largest absolute Gasteiger partial charge is 0.508 e. The molecule has 1 heterocycles. The topological polar surface area (TPSA) is 77.8 Å². The zero-order chi connectivity index (χ0) is 22.4. The van der Waals surface area contributed by atoms with Crippen LogP contribution < -0.4 is 0 Å². The Balaban J connectivity index is 1.69. The first-order valence-corrected chi connectivity index (χ1v) is 11.1. The number of hydrogen-bond donors (Lipinski definition) is 2. The Morgan fingerprint density at radius 2 is 1.87 bits per heavy atom. The molecular weight excluding hydrogens is 390 g/mol. The lowest BCUT2D eigenvalue weighted by Crippen LogP contribution is -2.49. The Kier molecular flexibility index (Phi) is 7.50. The van der Waals surface area contributed by atoms with Crippen molar-refractivity contribution in [1.29, 1.82) is 0 Å². The van der Waals surface area contributed by atoms with Gasteiger partial charge in [0.05, 0.1) is 6.42 Å². The van der Waals surface area contributed by atoms with E-state index in [0.29, 0.717) is 24.6 Å². The van der Waals surface area contributed by atoms with E-state index in [0.717, 1.165) is 30.6 Å². The van der Waals surface area contributed by atoms with Gasteiger partial charge in [0, 0.05) is 25.4 Å². The van der Waals surface area contributed by atoms with E-state index in [1.165, 1.54) is 0 Å². The molecule has 3 rings (SSSR count). The third-order valence-corrected chi connectivity index (χ3v) is 6.92. The van der Waals surface area contributed by atoms with Crippen LogP contribution in [0, 0.1) is 11.8 Å². The number of Topliss-reactive ketones (excluding diaryl/α,β-unsaturated/α-hetero) is 1. The predicted octanol–water partition coefficient (Wildman–Crippen LogP) is 4.28. The van der Waals surface area contributed by atoms with Gasteiger partial charge in [0.2, 0.25) is 0 Å². The van der Waals surface area contributed by atoms with E-state index >= 15 is 0 Å². The van der Waals surface area contributed by atoms with Crippen LogP contribution in [-0.2, 0) is 21.4 Å². The Labute approximate surface area is 184 Å². The standard InChI is InChI=1S/C26H33NO4/c1-19-17-27(14-13-26(19,2)22-9-6-10-23(28)16-22)18-21(24(29)11-12-25(30)31)15-20-7-4-3-5-8-20/h3-10,16,19,21,28H,11-15,17-18H2,1-2H3,(H,30,31). The Hall–Kier alpha value is -2.66. The molecule has 0 saturated carbocycles. The summed E-state index contributed by atoms with van der Waals surface area (Å²) in [5.41, 5.74) is 2.22. The number of rotatable bonds is 9. The van der Waals surface area contributed by atoms with Crippen molar-refractivity contribution in [1.82, 2.24) is 4.90 Å². The molecule has 0 spiro atoms. The third kappa shape index (κ3) is 5.95. The van der Waals surface area contributed by atoms with Crippen molar-refractivity contribution in [3.63, 3.8) is 0 Å². The van der Waals surface area contributed by atoms with Crippen molar-refractivity contribution >= 4 is 11.8 Å². The second-order valence-corrected chi connectivity index (χ2v) is 9.13. The van der Waals surface area contributed by atoms with Crippen LogP contribution in [-0.4, -0.2) is 46.5 Å². The van der Waals surface area contributed by atoms with Crippen LogP contribution >= 0.6 is 0 Å². The number of carbonyl (C=O) groups excluding carboxylic acids is 1. The van der Waals surface area contributed by atoms with Gasteiger partial charge in [0.25, 0.3) is 0 Å². The summed E-state index contributed by atoms with van der Waals surface area (Å²) in [4.78, 5) is 26.2. The van der Waals surface area contributed by atoms with E-state index in [1.807, 2.05) is 42.5 Å². The highest BCUT2D eigenvalue weighted by molar-refractivity contribution is 5.84. The summed E-state index contributed by atoms with van der Waals surface area (Å²) < 4.78 is 0. The number of aliphatic carboxylic acids is 1. The van der Waals surface area contributed by atoms with Gasteiger partial charge < -0.3 is 15.1 Å². The van der Waals surface area contributed by atoms with Gasteiger partial charge in [-0.15, -0.1) is 0 Å². The SMILES string of the molecule is CC1CN(CC(Cc2ccccc2)C(=O)CCC(=O)O)CCC1(C)c1cccc(O)c1. The molecule has 3 atom stereocenters. The van der Waals surface area contributed by atoms with Crippen molar-refractivity contribution in [3.8, 4) is 5.75 Å². The molecule has 31 heavy (non-hydrogen) atoms. The van der Waals surface area contributed by atoms with Crippen LogP contribution in [0.5, 0.6) is 5.75 Å². The van der Waals surface area contributed by atoms with E-state index in [4.69, 9.17) is 5.11 Å². The quantitative estimate of drug-likeness (QED) is 0.629. The van der Waals surface area contributed by atoms with Crippen LogP contribution in [0.2, 0.25) is 0 Å². The van der Waals surface area contributed by atoms with E-state index < -0.39 is 5.97 Å². The maximum Gasteiger partial charge on any atom is 0.303 e. The Bertz CT molecular complexity index is 897. The van der Waals surface area contributed by atoms with Crippen LogP contribution in [0.25, 0.3) is 0 Å². The van der Waals surface area contributed by atoms with Crippen LogP contribution in [0.15, 0.2) is 54.6 Å². The fourth-order valence-corrected chi connectivity index (χ4v) is 4.70. The molecule has 2 N–H and O–H groups in total. The van der Waals surface area contributed by atoms with Gasteiger partial charge in [0.15, 0.2) is 0 Å². The highest BCUT2D eigenvalue weighted by Crippen LogP contribution is 2.40. The maximum atomic E-state index is 12.9. The van der Waals surface area contributed by atoms with E-state index in [9.17, 15) is 14.7 Å². The molecule has 166 valence electrons. The van der Waals surface area contributed by atoms with E-state index in [1.54, 1.807) is 6.07 Å². The first kappa shape index (κ1) is 23.0. The number of nitrogens with zero attached hydrogens (tertiary/aromatic N) is 1. The minimum absolute atomic E-state index is 0.0280. The Morgan fingerprint density at radius 3 is 2.52 bits per heavy atom. The van der Waals surface area contributed by atoms with Crippen molar-refractivity contribution in [2.45, 2.75) is 44.9 Å². The zero-order valence-electron chi connectivity index (χ0n) is 18.5. The molecule has 3 unspecified atom stereocenters. The molecule has 0 radical (unpaired) electrons. The first-order valence-electron chi connectivity index (χ1n) is 11.1. The molecular formula is C26H33NO4. The maximum absolute atomic E-state index is 12.9. The summed E-state index contributed by atoms with van der Waals surface area (Å²) in [5.74, 6) is -0.463. The summed E-state index contributed by atoms with van der Waals surface area (Å²) in [7, 11) is 0. The molecule has 0 aliphatic carbocycles. The van der Waals surface area contributed by atoms with Gasteiger partial charge >= 0.3 is 5.97 Å². The fourth-order valence-electron chi connectivity index (χ4n) is 4.70. The molecule has 2 aromatic carbocycles. The van der Waals surface area contributed by atoms with Crippen molar-refractivity contribution in [2.24, 2.45) is 11.8 Å². The van der Waals surface area contributed by atoms with E-state index in [2.05, 4.69) is 24.8 Å². The summed E-state index contributed by atoms with van der Waals surface area (Å²) in [6.07, 6.45) is 1.54. The zero-order valence-corrected chi connectivity index (χ0v) is 18.5. The lowest BCUT2D eigenvalue weighted by Gasteiger charge is -2.45. The average Bonchev–Trinajstić information content (AvgIpc) is 2.75. The summed E-state index contributed by atoms with van der Waals surface area (Å²) in [6.45, 7) is 6.86. The second kappa shape index (κ2) is 10.1. The van der Waals surface area contributed by atoms with Crippen molar-refractivity contribution < 1.29 is 19.8 Å². The van der Waals surface area contributed by atoms with E-state index in [-0.39, 0.29) is 30.0 Å². The first-order chi connectivity index (χ1) is 14.8. The highest BCUT2D eigenvalue weighted by atomic mass is 16.4. The van der Waals surface area contributed by atoms with Crippen LogP contribution in [0.3, 0.4) is 0 Å². The minimum atomic E-state index is -0.930. The van der Waals surface area contributed by atoms with Crippen molar-refractivity contribution in [3.05, 3.63) is 65.7 Å². The molecule has 0 amide bonds. The molecule has 5 nitrogen and oxygen atoms in total. The minimum Gasteiger partial charge on any atom is -0.508 e. The monoisotopic (exact) mass is 423 g/mol. The number of aromatic hydroxyl groups is 1. The van der Waals surface area contributed by atoms with Gasteiger partial charge in [-0.3, -0.25) is 9.59 Å². The van der Waals surface area contributed by atoms with Crippen molar-refractivity contribution in [2.75, 3.05) is 19.6 Å². The molecule has 0 bridgehead atoms. The molecule has 1 aliphatic rings. The number of carbonyl (C=O) groups is 2. The van der Waals surface area contributed by atoms with Crippen LogP contribution in [0.4, 0.5) is 0 Å². The molecule has 1 aliphatic heterocycles. The smallest absolute Gasteiger partial charge is 0.303 e. The lowest BCUT2D eigenvalue weighted by molar-refractivity contribution is -0.139.